The molecule has 1 fully saturated rings. The summed E-state index contributed by atoms with van der Waals surface area (Å²) in [5.41, 5.74) is -0.215. The number of hydrogen-bond acceptors (Lipinski definition) is 4. The first-order chi connectivity index (χ1) is 13.1. The van der Waals surface area contributed by atoms with E-state index in [1.807, 2.05) is 0 Å². The molecular weight excluding hydrogens is 354 g/mol. The van der Waals surface area contributed by atoms with Crippen LogP contribution in [-0.2, 0) is 4.79 Å². The molecule has 1 heterocycles. The van der Waals surface area contributed by atoms with E-state index in [1.54, 1.807) is 19.1 Å². The topological polar surface area (TPSA) is 48.7 Å². The molecule has 4 nitrogen and oxygen atoms in total. The lowest BCUT2D eigenvalue weighted by Crippen LogP contribution is -2.13. The monoisotopic (exact) mass is 374 g/mol. The fourth-order valence-corrected chi connectivity index (χ4v) is 3.76. The average molecular weight is 374 g/mol. The number of carbonyl (C=O) groups excluding carboxylic acids is 1. The molecule has 0 unspecified atom stereocenters. The van der Waals surface area contributed by atoms with Crippen LogP contribution in [0.1, 0.15) is 39.0 Å². The number of fused-ring (bicyclic) bond motifs is 3. The standard InChI is InChI=1S/C21H20F2O4/c1-2-25-15-9-7-13-14-8-10-16(19(23)21(14)27-20(13)18(15)22)26-17(24)11-12-5-3-4-6-12/h7-10,12H,2-6,11H2,1H3. The maximum absolute atomic E-state index is 14.8. The first-order valence-corrected chi connectivity index (χ1v) is 9.25. The second-order valence-corrected chi connectivity index (χ2v) is 6.87. The predicted molar refractivity (Wildman–Crippen MR) is 97.0 cm³/mol. The van der Waals surface area contributed by atoms with Gasteiger partial charge >= 0.3 is 5.97 Å². The summed E-state index contributed by atoms with van der Waals surface area (Å²) in [5, 5.41) is 0.855. The minimum absolute atomic E-state index is 0.0488. The zero-order chi connectivity index (χ0) is 19.0. The summed E-state index contributed by atoms with van der Waals surface area (Å²) in [6, 6.07) is 6.07. The molecule has 0 saturated heterocycles. The first-order valence-electron chi connectivity index (χ1n) is 9.25. The molecule has 27 heavy (non-hydrogen) atoms. The predicted octanol–water partition coefficient (Wildman–Crippen LogP) is 5.75. The van der Waals surface area contributed by atoms with E-state index in [4.69, 9.17) is 13.9 Å². The van der Waals surface area contributed by atoms with Crippen LogP contribution in [0.4, 0.5) is 8.78 Å². The highest BCUT2D eigenvalue weighted by molar-refractivity contribution is 6.06. The molecule has 1 aliphatic carbocycles. The van der Waals surface area contributed by atoms with Crippen LogP contribution in [0, 0.1) is 17.6 Å². The molecule has 0 spiro atoms. The van der Waals surface area contributed by atoms with Gasteiger partial charge in [-0.1, -0.05) is 12.8 Å². The van der Waals surface area contributed by atoms with Gasteiger partial charge in [0.05, 0.1) is 6.61 Å². The summed E-state index contributed by atoms with van der Waals surface area (Å²) < 4.78 is 45.2. The van der Waals surface area contributed by atoms with Gasteiger partial charge in [-0.2, -0.15) is 8.78 Å². The van der Waals surface area contributed by atoms with E-state index in [1.165, 1.54) is 12.1 Å². The lowest BCUT2D eigenvalue weighted by atomic mass is 10.0. The Bertz CT molecular complexity index is 1000. The zero-order valence-electron chi connectivity index (χ0n) is 15.0. The maximum Gasteiger partial charge on any atom is 0.311 e. The van der Waals surface area contributed by atoms with Crippen LogP contribution in [0.15, 0.2) is 28.7 Å². The van der Waals surface area contributed by atoms with Gasteiger partial charge in [-0.15, -0.1) is 0 Å². The summed E-state index contributed by atoms with van der Waals surface area (Å²) in [4.78, 5) is 12.1. The van der Waals surface area contributed by atoms with Crippen LogP contribution in [0.5, 0.6) is 11.5 Å². The van der Waals surface area contributed by atoms with Gasteiger partial charge in [0.1, 0.15) is 0 Å². The van der Waals surface area contributed by atoms with Gasteiger partial charge in [-0.25, -0.2) is 0 Å². The molecule has 0 atom stereocenters. The Kier molecular flexibility index (Phi) is 4.72. The van der Waals surface area contributed by atoms with Gasteiger partial charge in [0.15, 0.2) is 22.7 Å². The van der Waals surface area contributed by atoms with Crippen molar-refractivity contribution in [3.8, 4) is 11.5 Å². The van der Waals surface area contributed by atoms with Crippen LogP contribution in [-0.4, -0.2) is 12.6 Å². The van der Waals surface area contributed by atoms with E-state index in [9.17, 15) is 13.6 Å². The molecule has 1 aromatic heterocycles. The molecular formula is C21H20F2O4. The highest BCUT2D eigenvalue weighted by Crippen LogP contribution is 2.38. The molecule has 0 amide bonds. The zero-order valence-corrected chi connectivity index (χ0v) is 15.0. The number of esters is 1. The molecule has 6 heteroatoms. The van der Waals surface area contributed by atoms with Crippen molar-refractivity contribution in [2.24, 2.45) is 5.92 Å². The van der Waals surface area contributed by atoms with Crippen LogP contribution < -0.4 is 9.47 Å². The van der Waals surface area contributed by atoms with E-state index in [0.29, 0.717) is 23.3 Å². The molecule has 4 rings (SSSR count). The van der Waals surface area contributed by atoms with Crippen molar-refractivity contribution in [2.45, 2.75) is 39.0 Å². The normalized spacial score (nSPS) is 14.9. The van der Waals surface area contributed by atoms with Crippen LogP contribution >= 0.6 is 0 Å². The van der Waals surface area contributed by atoms with Crippen LogP contribution in [0.2, 0.25) is 0 Å². The summed E-state index contributed by atoms with van der Waals surface area (Å²) in [7, 11) is 0. The quantitative estimate of drug-likeness (QED) is 0.421. The number of halogens is 2. The Hall–Kier alpha value is -2.63. The third-order valence-corrected chi connectivity index (χ3v) is 5.07. The number of furan rings is 1. The highest BCUT2D eigenvalue weighted by atomic mass is 19.1. The van der Waals surface area contributed by atoms with Crippen molar-refractivity contribution in [3.05, 3.63) is 35.9 Å². The van der Waals surface area contributed by atoms with Crippen LogP contribution in [0.3, 0.4) is 0 Å². The van der Waals surface area contributed by atoms with Gasteiger partial charge in [-0.05, 0) is 49.9 Å². The Morgan fingerprint density at radius 3 is 2.26 bits per heavy atom. The molecule has 0 bridgehead atoms. The SMILES string of the molecule is CCOc1ccc2c(oc3c(F)c(OC(=O)CC4CCCC4)ccc32)c1F. The molecule has 1 aliphatic rings. The molecule has 2 aromatic carbocycles. The van der Waals surface area contributed by atoms with E-state index in [0.717, 1.165) is 25.7 Å². The highest BCUT2D eigenvalue weighted by Gasteiger charge is 2.23. The lowest BCUT2D eigenvalue weighted by Gasteiger charge is -2.09. The summed E-state index contributed by atoms with van der Waals surface area (Å²) >= 11 is 0. The molecule has 1 saturated carbocycles. The summed E-state index contributed by atoms with van der Waals surface area (Å²) in [6.07, 6.45) is 4.52. The maximum atomic E-state index is 14.8. The first kappa shape index (κ1) is 17.8. The smallest absolute Gasteiger partial charge is 0.311 e. The second-order valence-electron chi connectivity index (χ2n) is 6.87. The lowest BCUT2D eigenvalue weighted by molar-refractivity contribution is -0.135. The van der Waals surface area contributed by atoms with Crippen molar-refractivity contribution < 1.29 is 27.5 Å². The number of rotatable bonds is 5. The molecule has 0 aliphatic heterocycles. The summed E-state index contributed by atoms with van der Waals surface area (Å²) in [5.74, 6) is -1.78. The van der Waals surface area contributed by atoms with E-state index in [-0.39, 0.29) is 29.1 Å². The number of ether oxygens (including phenoxy) is 2. The Labute approximate surface area is 155 Å². The molecule has 142 valence electrons. The minimum Gasteiger partial charge on any atom is -0.491 e. The largest absolute Gasteiger partial charge is 0.491 e. The fraction of sp³-hybridized carbons (Fsp3) is 0.381. The summed E-state index contributed by atoms with van der Waals surface area (Å²) in [6.45, 7) is 2.05. The number of hydrogen-bond donors (Lipinski definition) is 0. The van der Waals surface area contributed by atoms with Crippen molar-refractivity contribution in [1.82, 2.24) is 0 Å². The van der Waals surface area contributed by atoms with Crippen molar-refractivity contribution in [2.75, 3.05) is 6.61 Å². The van der Waals surface area contributed by atoms with Crippen molar-refractivity contribution in [1.29, 1.82) is 0 Å². The van der Waals surface area contributed by atoms with Gasteiger partial charge < -0.3 is 13.9 Å². The Balaban J connectivity index is 1.67. The van der Waals surface area contributed by atoms with E-state index < -0.39 is 17.6 Å². The second kappa shape index (κ2) is 7.18. The fourth-order valence-electron chi connectivity index (χ4n) is 3.76. The molecule has 0 radical (unpaired) electrons. The van der Waals surface area contributed by atoms with E-state index in [2.05, 4.69) is 0 Å². The van der Waals surface area contributed by atoms with Gasteiger partial charge in [0, 0.05) is 17.2 Å². The average Bonchev–Trinajstić information content (AvgIpc) is 3.28. The van der Waals surface area contributed by atoms with Gasteiger partial charge in [0.25, 0.3) is 0 Å². The third-order valence-electron chi connectivity index (χ3n) is 5.07. The molecule has 3 aromatic rings. The molecule has 0 N–H and O–H groups in total. The minimum atomic E-state index is -0.805. The Morgan fingerprint density at radius 1 is 1.04 bits per heavy atom. The van der Waals surface area contributed by atoms with Crippen molar-refractivity contribution >= 4 is 27.9 Å². The van der Waals surface area contributed by atoms with Crippen molar-refractivity contribution in [3.63, 3.8) is 0 Å². The Morgan fingerprint density at radius 2 is 1.63 bits per heavy atom. The van der Waals surface area contributed by atoms with Gasteiger partial charge in [-0.3, -0.25) is 4.79 Å². The van der Waals surface area contributed by atoms with Gasteiger partial charge in [0.2, 0.25) is 11.6 Å². The number of benzene rings is 2. The van der Waals surface area contributed by atoms with E-state index >= 15 is 0 Å². The number of carbonyl (C=O) groups is 1. The third kappa shape index (κ3) is 3.24. The van der Waals surface area contributed by atoms with Crippen LogP contribution in [0.25, 0.3) is 21.9 Å².